The Labute approximate surface area is 124 Å². The summed E-state index contributed by atoms with van der Waals surface area (Å²) in [7, 11) is 0. The van der Waals surface area contributed by atoms with E-state index in [9.17, 15) is 13.6 Å². The lowest BCUT2D eigenvalue weighted by atomic mass is 9.94. The Bertz CT molecular complexity index is 493. The van der Waals surface area contributed by atoms with Crippen molar-refractivity contribution in [3.05, 3.63) is 35.4 Å². The lowest BCUT2D eigenvalue weighted by Gasteiger charge is -2.30. The molecule has 2 unspecified atom stereocenters. The highest BCUT2D eigenvalue weighted by Gasteiger charge is 2.22. The Balaban J connectivity index is 1.72. The zero-order valence-corrected chi connectivity index (χ0v) is 12.3. The number of halogens is 2. The van der Waals surface area contributed by atoms with Gasteiger partial charge in [0.25, 0.3) is 0 Å². The van der Waals surface area contributed by atoms with Crippen LogP contribution in [0.25, 0.3) is 0 Å². The van der Waals surface area contributed by atoms with Crippen molar-refractivity contribution >= 4 is 5.91 Å². The highest BCUT2D eigenvalue weighted by molar-refractivity contribution is 5.76. The van der Waals surface area contributed by atoms with E-state index in [2.05, 4.69) is 17.6 Å². The van der Waals surface area contributed by atoms with Crippen LogP contribution in [-0.4, -0.2) is 25.0 Å². The number of rotatable bonds is 5. The maximum Gasteiger partial charge on any atom is 0.220 e. The van der Waals surface area contributed by atoms with Gasteiger partial charge in [0.1, 0.15) is 0 Å². The maximum atomic E-state index is 13.1. The van der Waals surface area contributed by atoms with Crippen molar-refractivity contribution in [2.24, 2.45) is 5.92 Å². The SMILES string of the molecule is CC1CCNCC1NC(=O)CCCc1ccc(F)c(F)c1. The van der Waals surface area contributed by atoms with Crippen molar-refractivity contribution in [1.29, 1.82) is 0 Å². The van der Waals surface area contributed by atoms with Crippen LogP contribution in [0.5, 0.6) is 0 Å². The van der Waals surface area contributed by atoms with Gasteiger partial charge in [0.2, 0.25) is 5.91 Å². The minimum atomic E-state index is -0.838. The summed E-state index contributed by atoms with van der Waals surface area (Å²) in [5.74, 6) is -1.16. The van der Waals surface area contributed by atoms with E-state index in [1.165, 1.54) is 6.07 Å². The maximum absolute atomic E-state index is 13.1. The Morgan fingerprint density at radius 1 is 1.38 bits per heavy atom. The van der Waals surface area contributed by atoms with Crippen LogP contribution in [0.15, 0.2) is 18.2 Å². The molecule has 2 rings (SSSR count). The smallest absolute Gasteiger partial charge is 0.220 e. The van der Waals surface area contributed by atoms with Crippen LogP contribution in [0.4, 0.5) is 8.78 Å². The van der Waals surface area contributed by atoms with Crippen molar-refractivity contribution in [3.8, 4) is 0 Å². The summed E-state index contributed by atoms with van der Waals surface area (Å²) in [6.07, 6.45) is 2.68. The summed E-state index contributed by atoms with van der Waals surface area (Å²) in [5.41, 5.74) is 0.717. The normalized spacial score (nSPS) is 22.0. The second-order valence-electron chi connectivity index (χ2n) is 5.75. The Hall–Kier alpha value is -1.49. The van der Waals surface area contributed by atoms with E-state index < -0.39 is 11.6 Å². The van der Waals surface area contributed by atoms with Crippen LogP contribution >= 0.6 is 0 Å². The van der Waals surface area contributed by atoms with Gasteiger partial charge in [0.15, 0.2) is 11.6 Å². The number of hydrogen-bond acceptors (Lipinski definition) is 2. The van der Waals surface area contributed by atoms with E-state index in [1.807, 2.05) is 0 Å². The zero-order chi connectivity index (χ0) is 15.2. The van der Waals surface area contributed by atoms with Gasteiger partial charge < -0.3 is 10.6 Å². The van der Waals surface area contributed by atoms with Gasteiger partial charge in [-0.25, -0.2) is 8.78 Å². The van der Waals surface area contributed by atoms with Crippen molar-refractivity contribution in [2.75, 3.05) is 13.1 Å². The van der Waals surface area contributed by atoms with Crippen LogP contribution in [0.3, 0.4) is 0 Å². The van der Waals surface area contributed by atoms with Crippen LogP contribution in [0.1, 0.15) is 31.7 Å². The molecule has 3 nitrogen and oxygen atoms in total. The van der Waals surface area contributed by atoms with Crippen molar-refractivity contribution < 1.29 is 13.6 Å². The molecule has 0 spiro atoms. The lowest BCUT2D eigenvalue weighted by Crippen LogP contribution is -2.50. The first-order chi connectivity index (χ1) is 10.1. The first kappa shape index (κ1) is 15.9. The van der Waals surface area contributed by atoms with Gasteiger partial charge in [-0.3, -0.25) is 4.79 Å². The van der Waals surface area contributed by atoms with Crippen molar-refractivity contribution in [3.63, 3.8) is 0 Å². The number of hydrogen-bond donors (Lipinski definition) is 2. The van der Waals surface area contributed by atoms with Crippen molar-refractivity contribution in [1.82, 2.24) is 10.6 Å². The topological polar surface area (TPSA) is 41.1 Å². The third-order valence-corrected chi connectivity index (χ3v) is 4.03. The average Bonchev–Trinajstić information content (AvgIpc) is 2.45. The van der Waals surface area contributed by atoms with Crippen molar-refractivity contribution in [2.45, 2.75) is 38.6 Å². The van der Waals surface area contributed by atoms with Crippen LogP contribution in [-0.2, 0) is 11.2 Å². The highest BCUT2D eigenvalue weighted by atomic mass is 19.2. The van der Waals surface area contributed by atoms with Gasteiger partial charge in [-0.2, -0.15) is 0 Å². The summed E-state index contributed by atoms with van der Waals surface area (Å²) in [6.45, 7) is 3.97. The molecule has 116 valence electrons. The summed E-state index contributed by atoms with van der Waals surface area (Å²) in [4.78, 5) is 11.9. The predicted molar refractivity (Wildman–Crippen MR) is 77.9 cm³/mol. The molecule has 2 atom stereocenters. The molecule has 0 aromatic heterocycles. The molecular formula is C16H22F2N2O. The predicted octanol–water partition coefficient (Wildman–Crippen LogP) is 2.40. The summed E-state index contributed by atoms with van der Waals surface area (Å²) < 4.78 is 25.9. The third kappa shape index (κ3) is 4.77. The number of carbonyl (C=O) groups is 1. The Morgan fingerprint density at radius 2 is 2.19 bits per heavy atom. The first-order valence-electron chi connectivity index (χ1n) is 7.50. The van der Waals surface area contributed by atoms with Crippen LogP contribution in [0.2, 0.25) is 0 Å². The monoisotopic (exact) mass is 296 g/mol. The minimum absolute atomic E-state index is 0.0260. The molecule has 1 saturated heterocycles. The molecule has 0 bridgehead atoms. The molecule has 1 heterocycles. The average molecular weight is 296 g/mol. The third-order valence-electron chi connectivity index (χ3n) is 4.03. The number of nitrogens with one attached hydrogen (secondary N) is 2. The molecule has 1 aromatic rings. The van der Waals surface area contributed by atoms with Crippen LogP contribution < -0.4 is 10.6 Å². The Morgan fingerprint density at radius 3 is 2.90 bits per heavy atom. The number of benzene rings is 1. The van der Waals surface area contributed by atoms with Gasteiger partial charge in [-0.15, -0.1) is 0 Å². The van der Waals surface area contributed by atoms with Gasteiger partial charge in [-0.1, -0.05) is 13.0 Å². The molecule has 1 aliphatic rings. The van der Waals surface area contributed by atoms with E-state index in [4.69, 9.17) is 0 Å². The highest BCUT2D eigenvalue weighted by Crippen LogP contribution is 2.13. The van der Waals surface area contributed by atoms with Crippen LogP contribution in [0, 0.1) is 17.6 Å². The van der Waals surface area contributed by atoms with E-state index in [1.54, 1.807) is 6.07 Å². The first-order valence-corrected chi connectivity index (χ1v) is 7.50. The van der Waals surface area contributed by atoms with E-state index in [0.29, 0.717) is 25.2 Å². The summed E-state index contributed by atoms with van der Waals surface area (Å²) >= 11 is 0. The summed E-state index contributed by atoms with van der Waals surface area (Å²) in [5, 5.41) is 6.31. The second kappa shape index (κ2) is 7.50. The van der Waals surface area contributed by atoms with E-state index >= 15 is 0 Å². The lowest BCUT2D eigenvalue weighted by molar-refractivity contribution is -0.122. The second-order valence-corrected chi connectivity index (χ2v) is 5.75. The quantitative estimate of drug-likeness (QED) is 0.876. The minimum Gasteiger partial charge on any atom is -0.352 e. The largest absolute Gasteiger partial charge is 0.352 e. The van der Waals surface area contributed by atoms with Gasteiger partial charge >= 0.3 is 0 Å². The molecule has 2 N–H and O–H groups in total. The van der Waals surface area contributed by atoms with Gasteiger partial charge in [0, 0.05) is 19.0 Å². The molecule has 1 amide bonds. The van der Waals surface area contributed by atoms with Gasteiger partial charge in [-0.05, 0) is 49.4 Å². The molecular weight excluding hydrogens is 274 g/mol. The molecule has 0 aliphatic carbocycles. The molecule has 1 aliphatic heterocycles. The fourth-order valence-corrected chi connectivity index (χ4v) is 2.61. The molecule has 1 fully saturated rings. The molecule has 5 heteroatoms. The van der Waals surface area contributed by atoms with E-state index in [0.717, 1.165) is 31.1 Å². The zero-order valence-electron chi connectivity index (χ0n) is 12.3. The summed E-state index contributed by atoms with van der Waals surface area (Å²) in [6, 6.07) is 4.07. The molecule has 0 saturated carbocycles. The fourth-order valence-electron chi connectivity index (χ4n) is 2.61. The Kier molecular flexibility index (Phi) is 5.67. The molecule has 1 aromatic carbocycles. The number of carbonyl (C=O) groups excluding carboxylic acids is 1. The van der Waals surface area contributed by atoms with E-state index in [-0.39, 0.29) is 11.9 Å². The standard InChI is InChI=1S/C16H22F2N2O/c1-11-7-8-19-10-15(11)20-16(21)4-2-3-12-5-6-13(17)14(18)9-12/h5-6,9,11,15,19H,2-4,7-8,10H2,1H3,(H,20,21). The molecule has 21 heavy (non-hydrogen) atoms. The number of amides is 1. The molecule has 0 radical (unpaired) electrons. The number of aryl methyl sites for hydroxylation is 1. The van der Waals surface area contributed by atoms with Gasteiger partial charge in [0.05, 0.1) is 0 Å². The number of piperidine rings is 1. The fraction of sp³-hybridized carbons (Fsp3) is 0.562.